The number of nitrogens with one attached hydrogen (secondary N) is 1. The number of aryl methyl sites for hydroxylation is 2. The Morgan fingerprint density at radius 3 is 2.50 bits per heavy atom. The molecular formula is C15H21N3O3S. The summed E-state index contributed by atoms with van der Waals surface area (Å²) in [6.45, 7) is 3.46. The van der Waals surface area contributed by atoms with E-state index < -0.39 is 22.2 Å². The Hall–Kier alpha value is -1.70. The van der Waals surface area contributed by atoms with E-state index in [1.807, 2.05) is 30.3 Å². The standard InChI is InChI=1S/C15H21N3O3S/c1-11(9-14(19)13-7-5-4-6-8-13)17-22(20,21)15-10-18(3)12(2)16-15/h4-8,10-11,14,17,19H,9H2,1-3H3. The number of aliphatic hydroxyl groups is 1. The van der Waals surface area contributed by atoms with Gasteiger partial charge in [-0.3, -0.25) is 0 Å². The van der Waals surface area contributed by atoms with Crippen LogP contribution in [0.25, 0.3) is 0 Å². The second-order valence-corrected chi connectivity index (χ2v) is 7.08. The van der Waals surface area contributed by atoms with Gasteiger partial charge in [-0.1, -0.05) is 30.3 Å². The first-order valence-corrected chi connectivity index (χ1v) is 8.53. The molecule has 1 aromatic heterocycles. The third kappa shape index (κ3) is 3.94. The van der Waals surface area contributed by atoms with Crippen molar-refractivity contribution in [1.82, 2.24) is 14.3 Å². The van der Waals surface area contributed by atoms with Crippen LogP contribution in [0.4, 0.5) is 0 Å². The smallest absolute Gasteiger partial charge is 0.259 e. The van der Waals surface area contributed by atoms with Crippen molar-refractivity contribution in [3.63, 3.8) is 0 Å². The molecule has 120 valence electrons. The van der Waals surface area contributed by atoms with Gasteiger partial charge in [0.2, 0.25) is 0 Å². The Labute approximate surface area is 130 Å². The van der Waals surface area contributed by atoms with E-state index in [0.29, 0.717) is 5.82 Å². The van der Waals surface area contributed by atoms with E-state index in [1.54, 1.807) is 25.5 Å². The SMILES string of the molecule is Cc1nc(S(=O)(=O)NC(C)CC(O)c2ccccc2)cn1C. The normalized spacial score (nSPS) is 14.7. The monoisotopic (exact) mass is 323 g/mol. The first-order valence-electron chi connectivity index (χ1n) is 7.05. The number of rotatable bonds is 6. The Morgan fingerprint density at radius 2 is 1.95 bits per heavy atom. The van der Waals surface area contributed by atoms with Crippen molar-refractivity contribution in [1.29, 1.82) is 0 Å². The van der Waals surface area contributed by atoms with Gasteiger partial charge < -0.3 is 9.67 Å². The number of nitrogens with zero attached hydrogens (tertiary/aromatic N) is 2. The molecule has 0 radical (unpaired) electrons. The molecule has 0 bridgehead atoms. The van der Waals surface area contributed by atoms with Gasteiger partial charge in [0.1, 0.15) is 5.82 Å². The summed E-state index contributed by atoms with van der Waals surface area (Å²) in [6, 6.07) is 8.75. The van der Waals surface area contributed by atoms with Crippen molar-refractivity contribution in [2.24, 2.45) is 7.05 Å². The maximum atomic E-state index is 12.3. The van der Waals surface area contributed by atoms with Crippen LogP contribution in [0.2, 0.25) is 0 Å². The van der Waals surface area contributed by atoms with Crippen molar-refractivity contribution in [3.8, 4) is 0 Å². The average Bonchev–Trinajstić information content (AvgIpc) is 2.80. The largest absolute Gasteiger partial charge is 0.388 e. The number of aromatic nitrogens is 2. The zero-order chi connectivity index (χ0) is 16.3. The minimum Gasteiger partial charge on any atom is -0.388 e. The van der Waals surface area contributed by atoms with Gasteiger partial charge in [-0.15, -0.1) is 0 Å². The number of sulfonamides is 1. The van der Waals surface area contributed by atoms with Gasteiger partial charge in [-0.2, -0.15) is 0 Å². The van der Waals surface area contributed by atoms with Gasteiger partial charge in [-0.05, 0) is 25.8 Å². The van der Waals surface area contributed by atoms with Crippen LogP contribution in [0.3, 0.4) is 0 Å². The van der Waals surface area contributed by atoms with E-state index in [-0.39, 0.29) is 11.4 Å². The summed E-state index contributed by atoms with van der Waals surface area (Å²) in [5, 5.41) is 10.1. The molecule has 6 nitrogen and oxygen atoms in total. The van der Waals surface area contributed by atoms with Crippen LogP contribution in [0.1, 0.15) is 30.8 Å². The number of imidazole rings is 1. The maximum absolute atomic E-state index is 12.3. The fraction of sp³-hybridized carbons (Fsp3) is 0.400. The van der Waals surface area contributed by atoms with Crippen LogP contribution in [-0.2, 0) is 17.1 Å². The third-order valence-electron chi connectivity index (χ3n) is 3.48. The lowest BCUT2D eigenvalue weighted by atomic mass is 10.0. The van der Waals surface area contributed by atoms with Gasteiger partial charge in [0.15, 0.2) is 5.03 Å². The van der Waals surface area contributed by atoms with Gasteiger partial charge in [0.25, 0.3) is 10.0 Å². The van der Waals surface area contributed by atoms with Crippen LogP contribution in [0, 0.1) is 6.92 Å². The van der Waals surface area contributed by atoms with Gasteiger partial charge in [0, 0.05) is 19.3 Å². The molecule has 1 heterocycles. The summed E-state index contributed by atoms with van der Waals surface area (Å²) < 4.78 is 28.7. The second kappa shape index (κ2) is 6.60. The lowest BCUT2D eigenvalue weighted by Crippen LogP contribution is -2.34. The fourth-order valence-electron chi connectivity index (χ4n) is 2.18. The zero-order valence-corrected chi connectivity index (χ0v) is 13.7. The van der Waals surface area contributed by atoms with Gasteiger partial charge in [-0.25, -0.2) is 18.1 Å². The van der Waals surface area contributed by atoms with Crippen molar-refractivity contribution in [2.75, 3.05) is 0 Å². The molecule has 2 unspecified atom stereocenters. The lowest BCUT2D eigenvalue weighted by molar-refractivity contribution is 0.158. The van der Waals surface area contributed by atoms with E-state index in [1.165, 1.54) is 6.20 Å². The summed E-state index contributed by atoms with van der Waals surface area (Å²) in [5.74, 6) is 0.623. The van der Waals surface area contributed by atoms with E-state index in [4.69, 9.17) is 0 Å². The molecule has 2 aromatic rings. The predicted molar refractivity (Wildman–Crippen MR) is 83.7 cm³/mol. The molecular weight excluding hydrogens is 302 g/mol. The predicted octanol–water partition coefficient (Wildman–Crippen LogP) is 1.52. The number of benzene rings is 1. The van der Waals surface area contributed by atoms with Crippen LogP contribution in [-0.4, -0.2) is 29.1 Å². The van der Waals surface area contributed by atoms with Crippen molar-refractivity contribution in [3.05, 3.63) is 47.9 Å². The molecule has 2 atom stereocenters. The fourth-order valence-corrected chi connectivity index (χ4v) is 3.47. The van der Waals surface area contributed by atoms with E-state index >= 15 is 0 Å². The highest BCUT2D eigenvalue weighted by atomic mass is 32.2. The zero-order valence-electron chi connectivity index (χ0n) is 12.9. The molecule has 0 aliphatic heterocycles. The summed E-state index contributed by atoms with van der Waals surface area (Å²) in [5.41, 5.74) is 0.766. The van der Waals surface area contributed by atoms with E-state index in [2.05, 4.69) is 9.71 Å². The molecule has 22 heavy (non-hydrogen) atoms. The Morgan fingerprint density at radius 1 is 1.32 bits per heavy atom. The van der Waals surface area contributed by atoms with E-state index in [0.717, 1.165) is 5.56 Å². The molecule has 2 rings (SSSR count). The number of hydrogen-bond acceptors (Lipinski definition) is 4. The highest BCUT2D eigenvalue weighted by Crippen LogP contribution is 2.19. The average molecular weight is 323 g/mol. The number of aliphatic hydroxyl groups excluding tert-OH is 1. The van der Waals surface area contributed by atoms with Crippen LogP contribution in [0.15, 0.2) is 41.6 Å². The maximum Gasteiger partial charge on any atom is 0.259 e. The summed E-state index contributed by atoms with van der Waals surface area (Å²) in [6.07, 6.45) is 1.04. The molecule has 0 fully saturated rings. The molecule has 0 aliphatic carbocycles. The molecule has 0 saturated heterocycles. The van der Waals surface area contributed by atoms with E-state index in [9.17, 15) is 13.5 Å². The van der Waals surface area contributed by atoms with Crippen molar-refractivity contribution in [2.45, 2.75) is 37.4 Å². The quantitative estimate of drug-likeness (QED) is 0.844. The minimum absolute atomic E-state index is 0.00597. The minimum atomic E-state index is -3.68. The molecule has 0 aliphatic rings. The molecule has 0 saturated carbocycles. The lowest BCUT2D eigenvalue weighted by Gasteiger charge is -2.17. The highest BCUT2D eigenvalue weighted by molar-refractivity contribution is 7.89. The molecule has 1 aromatic carbocycles. The summed E-state index contributed by atoms with van der Waals surface area (Å²) >= 11 is 0. The summed E-state index contributed by atoms with van der Waals surface area (Å²) in [4.78, 5) is 4.02. The first-order chi connectivity index (χ1) is 10.3. The summed E-state index contributed by atoms with van der Waals surface area (Å²) in [7, 11) is -1.94. The Balaban J connectivity index is 2.03. The molecule has 2 N–H and O–H groups in total. The van der Waals surface area contributed by atoms with Crippen molar-refractivity contribution < 1.29 is 13.5 Å². The highest BCUT2D eigenvalue weighted by Gasteiger charge is 2.22. The Kier molecular flexibility index (Phi) is 5.00. The molecule has 7 heteroatoms. The van der Waals surface area contributed by atoms with Crippen LogP contribution < -0.4 is 4.72 Å². The van der Waals surface area contributed by atoms with Crippen LogP contribution in [0.5, 0.6) is 0 Å². The number of hydrogen-bond donors (Lipinski definition) is 2. The van der Waals surface area contributed by atoms with Crippen LogP contribution >= 0.6 is 0 Å². The molecule has 0 spiro atoms. The third-order valence-corrected chi connectivity index (χ3v) is 4.94. The first kappa shape index (κ1) is 16.7. The van der Waals surface area contributed by atoms with Crippen molar-refractivity contribution >= 4 is 10.0 Å². The van der Waals surface area contributed by atoms with Gasteiger partial charge >= 0.3 is 0 Å². The second-order valence-electron chi connectivity index (χ2n) is 5.42. The Bertz CT molecular complexity index is 706. The van der Waals surface area contributed by atoms with Gasteiger partial charge in [0.05, 0.1) is 6.10 Å². The topological polar surface area (TPSA) is 84.2 Å². The molecule has 0 amide bonds.